The van der Waals surface area contributed by atoms with Crippen LogP contribution in [0.25, 0.3) is 0 Å². The molecule has 5 nitrogen and oxygen atoms in total. The molecule has 4 atom stereocenters. The van der Waals surface area contributed by atoms with Crippen molar-refractivity contribution in [3.63, 3.8) is 0 Å². The van der Waals surface area contributed by atoms with Crippen molar-refractivity contribution < 1.29 is 24.4 Å². The molecule has 0 bridgehead atoms. The summed E-state index contributed by atoms with van der Waals surface area (Å²) in [5, 5.41) is 18.4. The van der Waals surface area contributed by atoms with Crippen LogP contribution in [-0.2, 0) is 14.2 Å². The molecule has 2 N–H and O–H groups in total. The molecule has 1 rings (SSSR count). The topological polar surface area (TPSA) is 68.2 Å². The zero-order valence-corrected chi connectivity index (χ0v) is 7.14. The Hall–Kier alpha value is -0.200. The van der Waals surface area contributed by atoms with Gasteiger partial charge in [-0.15, -0.1) is 0 Å². The molecule has 0 unspecified atom stereocenters. The van der Waals surface area contributed by atoms with E-state index in [-0.39, 0.29) is 12.7 Å². The molecule has 12 heavy (non-hydrogen) atoms. The molecular weight excluding hydrogens is 164 g/mol. The quantitative estimate of drug-likeness (QED) is 0.551. The van der Waals surface area contributed by atoms with E-state index in [0.29, 0.717) is 0 Å². The Morgan fingerprint density at radius 2 is 1.92 bits per heavy atom. The molecule has 0 aromatic carbocycles. The van der Waals surface area contributed by atoms with Gasteiger partial charge in [-0.3, -0.25) is 0 Å². The molecular formula is C7H14O5. The molecule has 1 heterocycles. The van der Waals surface area contributed by atoms with E-state index in [1.54, 1.807) is 0 Å². The largest absolute Gasteiger partial charge is 0.385 e. The van der Waals surface area contributed by atoms with Gasteiger partial charge in [-0.05, 0) is 0 Å². The molecule has 1 aliphatic rings. The van der Waals surface area contributed by atoms with Crippen LogP contribution in [0, 0.1) is 0 Å². The van der Waals surface area contributed by atoms with Crippen molar-refractivity contribution in [2.75, 3.05) is 20.8 Å². The number of aliphatic hydroxyl groups excluding tert-OH is 2. The predicted molar refractivity (Wildman–Crippen MR) is 39.6 cm³/mol. The number of rotatable bonds is 2. The van der Waals surface area contributed by atoms with Crippen molar-refractivity contribution in [2.24, 2.45) is 0 Å². The summed E-state index contributed by atoms with van der Waals surface area (Å²) < 4.78 is 14.8. The van der Waals surface area contributed by atoms with Crippen LogP contribution in [0.5, 0.6) is 0 Å². The summed E-state index contributed by atoms with van der Waals surface area (Å²) in [6.45, 7) is 0.229. The van der Waals surface area contributed by atoms with E-state index in [0.717, 1.165) is 0 Å². The fourth-order valence-electron chi connectivity index (χ4n) is 1.26. The van der Waals surface area contributed by atoms with Gasteiger partial charge in [0, 0.05) is 14.2 Å². The number of hydrogen-bond acceptors (Lipinski definition) is 5. The number of hydrogen-bond donors (Lipinski definition) is 2. The lowest BCUT2D eigenvalue weighted by Crippen LogP contribution is -2.54. The molecule has 0 saturated carbocycles. The van der Waals surface area contributed by atoms with E-state index in [4.69, 9.17) is 19.3 Å². The lowest BCUT2D eigenvalue weighted by atomic mass is 10.1. The average Bonchev–Trinajstić information content (AvgIpc) is 2.09. The number of methoxy groups -OCH3 is 2. The van der Waals surface area contributed by atoms with Crippen LogP contribution in [0.15, 0.2) is 0 Å². The summed E-state index contributed by atoms with van der Waals surface area (Å²) in [5.41, 5.74) is 0. The first-order chi connectivity index (χ1) is 5.70. The second-order valence-electron chi connectivity index (χ2n) is 2.69. The molecule has 5 heteroatoms. The summed E-state index contributed by atoms with van der Waals surface area (Å²) in [6, 6.07) is 0. The van der Waals surface area contributed by atoms with Crippen LogP contribution in [-0.4, -0.2) is 55.6 Å². The lowest BCUT2D eigenvalue weighted by molar-refractivity contribution is -0.261. The Morgan fingerprint density at radius 3 is 2.42 bits per heavy atom. The summed E-state index contributed by atoms with van der Waals surface area (Å²) in [4.78, 5) is 0. The zero-order valence-electron chi connectivity index (χ0n) is 7.14. The number of ether oxygens (including phenoxy) is 3. The first-order valence-corrected chi connectivity index (χ1v) is 3.74. The molecule has 1 saturated heterocycles. The normalized spacial score (nSPS) is 43.0. The zero-order chi connectivity index (χ0) is 9.14. The van der Waals surface area contributed by atoms with Gasteiger partial charge in [0.2, 0.25) is 0 Å². The average molecular weight is 178 g/mol. The third-order valence-electron chi connectivity index (χ3n) is 2.00. The Kier molecular flexibility index (Phi) is 3.42. The van der Waals surface area contributed by atoms with E-state index in [1.165, 1.54) is 14.2 Å². The molecule has 0 aliphatic carbocycles. The van der Waals surface area contributed by atoms with E-state index >= 15 is 0 Å². The molecule has 0 amide bonds. The van der Waals surface area contributed by atoms with Crippen LogP contribution in [0.4, 0.5) is 0 Å². The summed E-state index contributed by atoms with van der Waals surface area (Å²) in [7, 11) is 2.96. The molecule has 1 fully saturated rings. The lowest BCUT2D eigenvalue weighted by Gasteiger charge is -2.36. The van der Waals surface area contributed by atoms with Gasteiger partial charge < -0.3 is 24.4 Å². The third kappa shape index (κ3) is 1.75. The highest BCUT2D eigenvalue weighted by Crippen LogP contribution is 2.17. The second-order valence-corrected chi connectivity index (χ2v) is 2.69. The Bertz CT molecular complexity index is 138. The van der Waals surface area contributed by atoms with E-state index < -0.39 is 18.5 Å². The van der Waals surface area contributed by atoms with E-state index in [2.05, 4.69) is 0 Å². The van der Waals surface area contributed by atoms with Crippen LogP contribution in [0.2, 0.25) is 0 Å². The molecule has 1 aliphatic heterocycles. The maximum atomic E-state index is 9.36. The van der Waals surface area contributed by atoms with Gasteiger partial charge in [0.25, 0.3) is 0 Å². The SMILES string of the molecule is CO[C@@H]1[C@@H](O)[C@H](O)OC[C@H]1OC. The molecule has 0 radical (unpaired) electrons. The van der Waals surface area contributed by atoms with Gasteiger partial charge in [-0.2, -0.15) is 0 Å². The minimum Gasteiger partial charge on any atom is -0.385 e. The standard InChI is InChI=1S/C7H14O5/c1-10-4-3-12-7(9)5(8)6(4)11-2/h4-9H,3H2,1-2H3/t4-,5-,6+,7-/m1/s1. The summed E-state index contributed by atoms with van der Waals surface area (Å²) >= 11 is 0. The maximum Gasteiger partial charge on any atom is 0.183 e. The Labute approximate surface area is 70.9 Å². The van der Waals surface area contributed by atoms with Crippen LogP contribution in [0.3, 0.4) is 0 Å². The predicted octanol–water partition coefficient (Wildman–Crippen LogP) is -1.27. The van der Waals surface area contributed by atoms with Crippen LogP contribution < -0.4 is 0 Å². The van der Waals surface area contributed by atoms with Crippen LogP contribution in [0.1, 0.15) is 0 Å². The smallest absolute Gasteiger partial charge is 0.183 e. The van der Waals surface area contributed by atoms with Gasteiger partial charge >= 0.3 is 0 Å². The van der Waals surface area contributed by atoms with Gasteiger partial charge in [0.1, 0.15) is 18.3 Å². The Morgan fingerprint density at radius 1 is 1.25 bits per heavy atom. The maximum absolute atomic E-state index is 9.36. The van der Waals surface area contributed by atoms with Crippen molar-refractivity contribution in [2.45, 2.75) is 24.6 Å². The van der Waals surface area contributed by atoms with Crippen molar-refractivity contribution in [3.8, 4) is 0 Å². The highest BCUT2D eigenvalue weighted by Gasteiger charge is 2.38. The summed E-state index contributed by atoms with van der Waals surface area (Å²) in [5.74, 6) is 0. The highest BCUT2D eigenvalue weighted by molar-refractivity contribution is 4.83. The first-order valence-electron chi connectivity index (χ1n) is 3.74. The van der Waals surface area contributed by atoms with Gasteiger partial charge in [-0.1, -0.05) is 0 Å². The fourth-order valence-corrected chi connectivity index (χ4v) is 1.26. The van der Waals surface area contributed by atoms with Crippen molar-refractivity contribution in [1.82, 2.24) is 0 Å². The molecule has 72 valence electrons. The van der Waals surface area contributed by atoms with Crippen LogP contribution >= 0.6 is 0 Å². The molecule has 0 aromatic heterocycles. The number of aliphatic hydroxyl groups is 2. The minimum absolute atomic E-state index is 0.229. The van der Waals surface area contributed by atoms with E-state index in [1.807, 2.05) is 0 Å². The van der Waals surface area contributed by atoms with Gasteiger partial charge in [0.15, 0.2) is 6.29 Å². The second kappa shape index (κ2) is 4.15. The van der Waals surface area contributed by atoms with Gasteiger partial charge in [-0.25, -0.2) is 0 Å². The third-order valence-corrected chi connectivity index (χ3v) is 2.00. The summed E-state index contributed by atoms with van der Waals surface area (Å²) in [6.07, 6.45) is -3.08. The van der Waals surface area contributed by atoms with Crippen molar-refractivity contribution in [1.29, 1.82) is 0 Å². The fraction of sp³-hybridized carbons (Fsp3) is 1.00. The molecule has 0 aromatic rings. The monoisotopic (exact) mass is 178 g/mol. The highest BCUT2D eigenvalue weighted by atomic mass is 16.6. The van der Waals surface area contributed by atoms with Crippen molar-refractivity contribution >= 4 is 0 Å². The minimum atomic E-state index is -1.18. The van der Waals surface area contributed by atoms with E-state index in [9.17, 15) is 5.11 Å². The van der Waals surface area contributed by atoms with Crippen molar-refractivity contribution in [3.05, 3.63) is 0 Å². The molecule has 0 spiro atoms. The Balaban J connectivity index is 2.58. The van der Waals surface area contributed by atoms with Gasteiger partial charge in [0.05, 0.1) is 6.61 Å². The first kappa shape index (κ1) is 9.88.